The van der Waals surface area contributed by atoms with Crippen molar-refractivity contribution in [1.82, 2.24) is 15.3 Å². The number of hydrogen-bond acceptors (Lipinski definition) is 4. The van der Waals surface area contributed by atoms with E-state index >= 15 is 0 Å². The van der Waals surface area contributed by atoms with Crippen LogP contribution in [0.25, 0.3) is 0 Å². The monoisotopic (exact) mass is 285 g/mol. The van der Waals surface area contributed by atoms with Crippen molar-refractivity contribution < 1.29 is 4.74 Å². The van der Waals surface area contributed by atoms with Gasteiger partial charge >= 0.3 is 0 Å². The molecule has 21 heavy (non-hydrogen) atoms. The first kappa shape index (κ1) is 15.4. The largest absolute Gasteiger partial charge is 0.437 e. The first-order chi connectivity index (χ1) is 10.0. The van der Waals surface area contributed by atoms with E-state index in [9.17, 15) is 0 Å². The van der Waals surface area contributed by atoms with Gasteiger partial charge in [-0.15, -0.1) is 0 Å². The van der Waals surface area contributed by atoms with Gasteiger partial charge in [-0.25, -0.2) is 4.98 Å². The van der Waals surface area contributed by atoms with E-state index in [1.54, 1.807) is 12.4 Å². The number of aromatic nitrogens is 2. The molecular weight excluding hydrogens is 262 g/mol. The first-order valence-electron chi connectivity index (χ1n) is 7.31. The smallest absolute Gasteiger partial charge is 0.237 e. The van der Waals surface area contributed by atoms with Gasteiger partial charge in [-0.2, -0.15) is 0 Å². The second-order valence-corrected chi connectivity index (χ2v) is 5.74. The molecule has 0 spiro atoms. The summed E-state index contributed by atoms with van der Waals surface area (Å²) < 4.78 is 5.77. The molecule has 1 heterocycles. The number of benzene rings is 1. The van der Waals surface area contributed by atoms with Gasteiger partial charge in [0.2, 0.25) is 5.88 Å². The summed E-state index contributed by atoms with van der Waals surface area (Å²) >= 11 is 0. The number of rotatable bonds is 6. The van der Waals surface area contributed by atoms with E-state index in [0.717, 1.165) is 30.1 Å². The number of ether oxygens (including phenoxy) is 1. The van der Waals surface area contributed by atoms with Crippen LogP contribution in [0.15, 0.2) is 30.6 Å². The minimum absolute atomic E-state index is 0.523. The van der Waals surface area contributed by atoms with E-state index in [2.05, 4.69) is 42.1 Å². The van der Waals surface area contributed by atoms with Gasteiger partial charge in [0.05, 0.1) is 18.1 Å². The molecule has 1 N–H and O–H groups in total. The number of hydrogen-bond donors (Lipinski definition) is 1. The molecule has 0 fully saturated rings. The third kappa shape index (κ3) is 4.83. The van der Waals surface area contributed by atoms with Crippen molar-refractivity contribution in [2.24, 2.45) is 5.92 Å². The standard InChI is InChI=1S/C17H23N3O/c1-12(2)8-18-9-15-10-20-17(11-19-15)21-16-6-5-13(3)7-14(16)4/h5-7,10-12,18H,8-9H2,1-4H3. The number of nitrogens with one attached hydrogen (secondary N) is 1. The lowest BCUT2D eigenvalue weighted by Crippen LogP contribution is -2.19. The minimum Gasteiger partial charge on any atom is -0.437 e. The van der Waals surface area contributed by atoms with Crippen molar-refractivity contribution in [2.75, 3.05) is 6.54 Å². The molecule has 0 saturated heterocycles. The number of aryl methyl sites for hydroxylation is 2. The normalized spacial score (nSPS) is 10.9. The minimum atomic E-state index is 0.523. The average molecular weight is 285 g/mol. The van der Waals surface area contributed by atoms with Gasteiger partial charge in [-0.3, -0.25) is 4.98 Å². The summed E-state index contributed by atoms with van der Waals surface area (Å²) in [6.45, 7) is 10.2. The highest BCUT2D eigenvalue weighted by atomic mass is 16.5. The second kappa shape index (κ2) is 7.18. The Labute approximate surface area is 126 Å². The zero-order chi connectivity index (χ0) is 15.2. The quantitative estimate of drug-likeness (QED) is 0.880. The van der Waals surface area contributed by atoms with Crippen LogP contribution < -0.4 is 10.1 Å². The molecule has 1 aromatic heterocycles. The van der Waals surface area contributed by atoms with E-state index < -0.39 is 0 Å². The maximum Gasteiger partial charge on any atom is 0.237 e. The molecule has 0 aliphatic heterocycles. The Bertz CT molecular complexity index is 579. The average Bonchev–Trinajstić information content (AvgIpc) is 2.43. The van der Waals surface area contributed by atoms with E-state index in [0.29, 0.717) is 11.8 Å². The molecule has 2 aromatic rings. The Morgan fingerprint density at radius 1 is 1.14 bits per heavy atom. The summed E-state index contributed by atoms with van der Waals surface area (Å²) in [5.74, 6) is 1.97. The third-order valence-electron chi connectivity index (χ3n) is 3.09. The van der Waals surface area contributed by atoms with Crippen LogP contribution in [0.5, 0.6) is 11.6 Å². The van der Waals surface area contributed by atoms with Crippen molar-refractivity contribution in [2.45, 2.75) is 34.2 Å². The topological polar surface area (TPSA) is 47.0 Å². The Kier molecular flexibility index (Phi) is 5.28. The van der Waals surface area contributed by atoms with Crippen molar-refractivity contribution >= 4 is 0 Å². The van der Waals surface area contributed by atoms with Gasteiger partial charge in [0.1, 0.15) is 5.75 Å². The van der Waals surface area contributed by atoms with Gasteiger partial charge in [-0.1, -0.05) is 31.5 Å². The molecule has 1 aromatic carbocycles. The Hall–Kier alpha value is -1.94. The highest BCUT2D eigenvalue weighted by Gasteiger charge is 2.04. The Balaban J connectivity index is 1.95. The summed E-state index contributed by atoms with van der Waals surface area (Å²) in [6, 6.07) is 6.08. The SMILES string of the molecule is Cc1ccc(Oc2cnc(CNCC(C)C)cn2)c(C)c1. The summed E-state index contributed by atoms with van der Waals surface area (Å²) in [6.07, 6.45) is 3.43. The maximum atomic E-state index is 5.77. The molecule has 112 valence electrons. The van der Waals surface area contributed by atoms with Crippen LogP contribution in [0, 0.1) is 19.8 Å². The summed E-state index contributed by atoms with van der Waals surface area (Å²) in [7, 11) is 0. The van der Waals surface area contributed by atoms with Crippen LogP contribution in [0.1, 0.15) is 30.7 Å². The molecule has 0 unspecified atom stereocenters. The molecule has 4 nitrogen and oxygen atoms in total. The molecule has 0 radical (unpaired) electrons. The van der Waals surface area contributed by atoms with Crippen molar-refractivity contribution in [3.8, 4) is 11.6 Å². The van der Waals surface area contributed by atoms with E-state index in [1.807, 2.05) is 19.1 Å². The molecule has 4 heteroatoms. The highest BCUT2D eigenvalue weighted by Crippen LogP contribution is 2.23. The van der Waals surface area contributed by atoms with Crippen LogP contribution in [0.4, 0.5) is 0 Å². The van der Waals surface area contributed by atoms with Crippen molar-refractivity contribution in [3.05, 3.63) is 47.4 Å². The molecule has 0 saturated carbocycles. The predicted molar refractivity (Wildman–Crippen MR) is 84.6 cm³/mol. The third-order valence-corrected chi connectivity index (χ3v) is 3.09. The molecule has 0 aliphatic rings. The highest BCUT2D eigenvalue weighted by molar-refractivity contribution is 5.37. The molecule has 2 rings (SSSR count). The van der Waals surface area contributed by atoms with Gasteiger partial charge in [-0.05, 0) is 37.9 Å². The summed E-state index contributed by atoms with van der Waals surface area (Å²) in [4.78, 5) is 8.68. The van der Waals surface area contributed by atoms with Crippen molar-refractivity contribution in [3.63, 3.8) is 0 Å². The fraction of sp³-hybridized carbons (Fsp3) is 0.412. The van der Waals surface area contributed by atoms with E-state index in [4.69, 9.17) is 4.74 Å². The van der Waals surface area contributed by atoms with Crippen LogP contribution >= 0.6 is 0 Å². The molecule has 0 bridgehead atoms. The lowest BCUT2D eigenvalue weighted by molar-refractivity contribution is 0.454. The van der Waals surface area contributed by atoms with Gasteiger partial charge in [0, 0.05) is 6.54 Å². The van der Waals surface area contributed by atoms with Crippen LogP contribution in [0.2, 0.25) is 0 Å². The predicted octanol–water partition coefficient (Wildman–Crippen LogP) is 3.63. The Morgan fingerprint density at radius 3 is 2.57 bits per heavy atom. The van der Waals surface area contributed by atoms with Crippen molar-refractivity contribution in [1.29, 1.82) is 0 Å². The van der Waals surface area contributed by atoms with E-state index in [-0.39, 0.29) is 0 Å². The second-order valence-electron chi connectivity index (χ2n) is 5.74. The van der Waals surface area contributed by atoms with Crippen LogP contribution in [0.3, 0.4) is 0 Å². The van der Waals surface area contributed by atoms with Crippen LogP contribution in [-0.4, -0.2) is 16.5 Å². The van der Waals surface area contributed by atoms with E-state index in [1.165, 1.54) is 5.56 Å². The Morgan fingerprint density at radius 2 is 1.95 bits per heavy atom. The maximum absolute atomic E-state index is 5.77. The van der Waals surface area contributed by atoms with Gasteiger partial charge < -0.3 is 10.1 Å². The fourth-order valence-corrected chi connectivity index (χ4v) is 2.00. The molecule has 0 aliphatic carbocycles. The number of nitrogens with zero attached hydrogens (tertiary/aromatic N) is 2. The molecule has 0 amide bonds. The molecule has 0 atom stereocenters. The van der Waals surface area contributed by atoms with Crippen LogP contribution in [-0.2, 0) is 6.54 Å². The summed E-state index contributed by atoms with van der Waals surface area (Å²) in [5, 5.41) is 3.34. The zero-order valence-corrected chi connectivity index (χ0v) is 13.2. The lowest BCUT2D eigenvalue weighted by Gasteiger charge is -2.09. The zero-order valence-electron chi connectivity index (χ0n) is 13.2. The fourth-order valence-electron chi connectivity index (χ4n) is 2.00. The van der Waals surface area contributed by atoms with Gasteiger partial charge in [0.15, 0.2) is 0 Å². The molecular formula is C17H23N3O. The van der Waals surface area contributed by atoms with Gasteiger partial charge in [0.25, 0.3) is 0 Å². The summed E-state index contributed by atoms with van der Waals surface area (Å²) in [5.41, 5.74) is 3.24. The lowest BCUT2D eigenvalue weighted by atomic mass is 10.1. The first-order valence-corrected chi connectivity index (χ1v) is 7.31.